The maximum absolute atomic E-state index is 12.8. The molecule has 1 N–H and O–H groups in total. The summed E-state index contributed by atoms with van der Waals surface area (Å²) >= 11 is 0. The van der Waals surface area contributed by atoms with E-state index in [-0.39, 0.29) is 11.4 Å². The molecule has 2 aromatic rings. The third kappa shape index (κ3) is 3.68. The van der Waals surface area contributed by atoms with Crippen LogP contribution in [0.25, 0.3) is 0 Å². The third-order valence-corrected chi connectivity index (χ3v) is 2.86. The van der Waals surface area contributed by atoms with Gasteiger partial charge >= 0.3 is 0 Å². The highest BCUT2D eigenvalue weighted by molar-refractivity contribution is 5.41. The maximum Gasteiger partial charge on any atom is 0.250 e. The highest BCUT2D eigenvalue weighted by atomic mass is 19.1. The van der Waals surface area contributed by atoms with Crippen molar-refractivity contribution in [1.82, 2.24) is 4.57 Å². The summed E-state index contributed by atoms with van der Waals surface area (Å²) in [5, 5.41) is 3.22. The number of halogens is 1. The molecule has 2 rings (SSSR count). The fourth-order valence-corrected chi connectivity index (χ4v) is 1.86. The second-order valence-electron chi connectivity index (χ2n) is 4.43. The van der Waals surface area contributed by atoms with Gasteiger partial charge in [0.2, 0.25) is 0 Å². The minimum Gasteiger partial charge on any atom is -0.380 e. The Bertz CT molecular complexity index is 590. The molecule has 0 radical (unpaired) electrons. The van der Waals surface area contributed by atoms with Gasteiger partial charge < -0.3 is 9.88 Å². The van der Waals surface area contributed by atoms with Crippen molar-refractivity contribution >= 4 is 5.69 Å². The van der Waals surface area contributed by atoms with Gasteiger partial charge in [0.1, 0.15) is 5.82 Å². The summed E-state index contributed by atoms with van der Waals surface area (Å²) in [5.41, 5.74) is 1.89. The molecule has 0 spiro atoms. The monoisotopic (exact) mass is 260 g/mol. The lowest BCUT2D eigenvalue weighted by Crippen LogP contribution is -2.18. The zero-order valence-electron chi connectivity index (χ0n) is 10.9. The van der Waals surface area contributed by atoms with Crippen molar-refractivity contribution in [3.63, 3.8) is 0 Å². The first-order valence-corrected chi connectivity index (χ1v) is 6.38. The Balaban J connectivity index is 2.05. The highest BCUT2D eigenvalue weighted by Gasteiger charge is 1.99. The van der Waals surface area contributed by atoms with Crippen molar-refractivity contribution in [2.75, 3.05) is 5.32 Å². The van der Waals surface area contributed by atoms with Crippen molar-refractivity contribution in [3.8, 4) is 0 Å². The Labute approximate surface area is 111 Å². The SMILES string of the molecule is CCCn1cc(NCc2ccc(F)cc2)ccc1=O. The lowest BCUT2D eigenvalue weighted by atomic mass is 10.2. The zero-order valence-corrected chi connectivity index (χ0v) is 10.9. The Kier molecular flexibility index (Phi) is 4.34. The molecule has 1 heterocycles. The van der Waals surface area contributed by atoms with Crippen molar-refractivity contribution < 1.29 is 4.39 Å². The minimum atomic E-state index is -0.236. The molecule has 0 aliphatic carbocycles. The Morgan fingerprint density at radius 2 is 1.89 bits per heavy atom. The number of hydrogen-bond acceptors (Lipinski definition) is 2. The summed E-state index contributed by atoms with van der Waals surface area (Å²) in [6.45, 7) is 3.35. The quantitative estimate of drug-likeness (QED) is 0.896. The zero-order chi connectivity index (χ0) is 13.7. The highest BCUT2D eigenvalue weighted by Crippen LogP contribution is 2.08. The summed E-state index contributed by atoms with van der Waals surface area (Å²) in [7, 11) is 0. The number of nitrogens with one attached hydrogen (secondary N) is 1. The number of hydrogen-bond donors (Lipinski definition) is 1. The van der Waals surface area contributed by atoms with Crippen molar-refractivity contribution in [1.29, 1.82) is 0 Å². The van der Waals surface area contributed by atoms with Crippen LogP contribution in [0.15, 0.2) is 47.4 Å². The van der Waals surface area contributed by atoms with E-state index in [1.165, 1.54) is 12.1 Å². The first-order chi connectivity index (χ1) is 9.19. The number of benzene rings is 1. The number of rotatable bonds is 5. The van der Waals surface area contributed by atoms with Gasteiger partial charge in [-0.1, -0.05) is 19.1 Å². The van der Waals surface area contributed by atoms with E-state index < -0.39 is 0 Å². The first kappa shape index (κ1) is 13.3. The van der Waals surface area contributed by atoms with Gasteiger partial charge in [0.25, 0.3) is 5.56 Å². The van der Waals surface area contributed by atoms with Gasteiger partial charge in [-0.25, -0.2) is 4.39 Å². The minimum absolute atomic E-state index is 0.00850. The standard InChI is InChI=1S/C15H17FN2O/c1-2-9-18-11-14(7-8-15(18)19)17-10-12-3-5-13(16)6-4-12/h3-8,11,17H,2,9-10H2,1H3. The molecule has 4 heteroatoms. The fraction of sp³-hybridized carbons (Fsp3) is 0.267. The number of nitrogens with zero attached hydrogens (tertiary/aromatic N) is 1. The van der Waals surface area contributed by atoms with Gasteiger partial charge in [0.05, 0.1) is 5.69 Å². The summed E-state index contributed by atoms with van der Waals surface area (Å²) in [6.07, 6.45) is 2.73. The molecule has 0 unspecified atom stereocenters. The van der Waals surface area contributed by atoms with Crippen LogP contribution in [0.2, 0.25) is 0 Å². The van der Waals surface area contributed by atoms with Crippen molar-refractivity contribution in [3.05, 3.63) is 64.3 Å². The van der Waals surface area contributed by atoms with Crippen molar-refractivity contribution in [2.24, 2.45) is 0 Å². The van der Waals surface area contributed by atoms with Crippen molar-refractivity contribution in [2.45, 2.75) is 26.4 Å². The van der Waals surface area contributed by atoms with E-state index in [4.69, 9.17) is 0 Å². The molecule has 1 aromatic carbocycles. The summed E-state index contributed by atoms with van der Waals surface area (Å²) in [4.78, 5) is 11.6. The Morgan fingerprint density at radius 1 is 1.16 bits per heavy atom. The molecule has 0 amide bonds. The Morgan fingerprint density at radius 3 is 2.58 bits per heavy atom. The largest absolute Gasteiger partial charge is 0.380 e. The van der Waals surface area contributed by atoms with Crippen LogP contribution < -0.4 is 10.9 Å². The fourth-order valence-electron chi connectivity index (χ4n) is 1.86. The summed E-state index contributed by atoms with van der Waals surface area (Å²) < 4.78 is 14.5. The van der Waals surface area contributed by atoms with E-state index in [9.17, 15) is 9.18 Å². The summed E-state index contributed by atoms with van der Waals surface area (Å²) in [5.74, 6) is -0.236. The predicted molar refractivity (Wildman–Crippen MR) is 74.7 cm³/mol. The average molecular weight is 260 g/mol. The van der Waals surface area contributed by atoms with Gasteiger partial charge in [-0.05, 0) is 30.2 Å². The number of pyridine rings is 1. The van der Waals surface area contributed by atoms with E-state index in [0.717, 1.165) is 17.7 Å². The van der Waals surface area contributed by atoms with Gasteiger partial charge in [-0.15, -0.1) is 0 Å². The molecule has 0 saturated carbocycles. The smallest absolute Gasteiger partial charge is 0.250 e. The molecule has 0 bridgehead atoms. The maximum atomic E-state index is 12.8. The third-order valence-electron chi connectivity index (χ3n) is 2.86. The first-order valence-electron chi connectivity index (χ1n) is 6.38. The average Bonchev–Trinajstić information content (AvgIpc) is 2.42. The molecule has 0 aliphatic heterocycles. The normalized spacial score (nSPS) is 10.4. The molecule has 100 valence electrons. The molecule has 0 saturated heterocycles. The number of aromatic nitrogens is 1. The molecule has 1 aromatic heterocycles. The molecule has 0 atom stereocenters. The summed E-state index contributed by atoms with van der Waals surface area (Å²) in [6, 6.07) is 9.68. The van der Waals surface area contributed by atoms with Gasteiger partial charge in [0, 0.05) is 25.4 Å². The van der Waals surface area contributed by atoms with Crippen LogP contribution >= 0.6 is 0 Å². The van der Waals surface area contributed by atoms with E-state index in [2.05, 4.69) is 5.32 Å². The molecular weight excluding hydrogens is 243 g/mol. The second kappa shape index (κ2) is 6.18. The Hall–Kier alpha value is -2.10. The van der Waals surface area contributed by atoms with Crippen LogP contribution in [0.1, 0.15) is 18.9 Å². The molecule has 0 aliphatic rings. The van der Waals surface area contributed by atoms with Crippen LogP contribution in [0.4, 0.5) is 10.1 Å². The molecule has 19 heavy (non-hydrogen) atoms. The van der Waals surface area contributed by atoms with Gasteiger partial charge in [-0.2, -0.15) is 0 Å². The lowest BCUT2D eigenvalue weighted by Gasteiger charge is -2.09. The molecular formula is C15H17FN2O. The van der Waals surface area contributed by atoms with Crippen LogP contribution in [0.5, 0.6) is 0 Å². The second-order valence-corrected chi connectivity index (χ2v) is 4.43. The van der Waals surface area contributed by atoms with Crippen LogP contribution in [-0.4, -0.2) is 4.57 Å². The van der Waals surface area contributed by atoms with Crippen LogP contribution in [-0.2, 0) is 13.1 Å². The number of anilines is 1. The van der Waals surface area contributed by atoms with E-state index in [0.29, 0.717) is 13.1 Å². The van der Waals surface area contributed by atoms with Gasteiger partial charge in [-0.3, -0.25) is 4.79 Å². The topological polar surface area (TPSA) is 34.0 Å². The lowest BCUT2D eigenvalue weighted by molar-refractivity contribution is 0.627. The van der Waals surface area contributed by atoms with Gasteiger partial charge in [0.15, 0.2) is 0 Å². The predicted octanol–water partition coefficient (Wildman–Crippen LogP) is 3.01. The van der Waals surface area contributed by atoms with E-state index in [1.54, 1.807) is 28.8 Å². The number of aryl methyl sites for hydroxylation is 1. The molecule has 3 nitrogen and oxygen atoms in total. The molecule has 0 fully saturated rings. The van der Waals surface area contributed by atoms with E-state index in [1.807, 2.05) is 13.1 Å². The van der Waals surface area contributed by atoms with Crippen LogP contribution in [0.3, 0.4) is 0 Å². The van der Waals surface area contributed by atoms with E-state index >= 15 is 0 Å². The van der Waals surface area contributed by atoms with Crippen LogP contribution in [0, 0.1) is 5.82 Å².